The van der Waals surface area contributed by atoms with Gasteiger partial charge in [-0.1, -0.05) is 40.2 Å². The summed E-state index contributed by atoms with van der Waals surface area (Å²) in [6.07, 6.45) is -3.97. The maximum absolute atomic E-state index is 12.7. The van der Waals surface area contributed by atoms with Crippen molar-refractivity contribution in [2.75, 3.05) is 0 Å². The summed E-state index contributed by atoms with van der Waals surface area (Å²) < 4.78 is 39.0. The van der Waals surface area contributed by atoms with Crippen LogP contribution >= 0.6 is 15.9 Å². The Hall–Kier alpha value is -1.33. The maximum Gasteiger partial charge on any atom is 0.416 e. The van der Waals surface area contributed by atoms with E-state index < -0.39 is 11.7 Å². The van der Waals surface area contributed by atoms with Crippen molar-refractivity contribution in [3.8, 4) is 0 Å². The number of halogens is 4. The van der Waals surface area contributed by atoms with Crippen molar-refractivity contribution in [1.29, 1.82) is 0 Å². The second-order valence-electron chi connectivity index (χ2n) is 5.07. The van der Waals surface area contributed by atoms with Gasteiger partial charge in [0, 0.05) is 10.5 Å². The molecule has 2 rings (SSSR count). The van der Waals surface area contributed by atoms with Crippen molar-refractivity contribution in [1.82, 2.24) is 0 Å². The Morgan fingerprint density at radius 2 is 1.86 bits per heavy atom. The summed E-state index contributed by atoms with van der Waals surface area (Å²) in [6, 6.07) is 10.8. The van der Waals surface area contributed by atoms with Crippen LogP contribution in [0.2, 0.25) is 0 Å². The van der Waals surface area contributed by atoms with Gasteiger partial charge in [-0.05, 0) is 48.2 Å². The molecule has 0 saturated carbocycles. The normalized spacial score (nSPS) is 13.2. The highest BCUT2D eigenvalue weighted by atomic mass is 79.9. The molecule has 0 aromatic heterocycles. The minimum atomic E-state index is -4.33. The maximum atomic E-state index is 12.7. The Kier molecular flexibility index (Phi) is 4.74. The Morgan fingerprint density at radius 3 is 2.48 bits per heavy atom. The lowest BCUT2D eigenvalue weighted by atomic mass is 9.97. The molecule has 2 aromatic carbocycles. The van der Waals surface area contributed by atoms with Crippen LogP contribution < -0.4 is 5.73 Å². The van der Waals surface area contributed by atoms with Crippen LogP contribution in [0.1, 0.15) is 28.3 Å². The molecule has 5 heteroatoms. The molecule has 1 atom stereocenters. The molecule has 0 aliphatic carbocycles. The lowest BCUT2D eigenvalue weighted by Gasteiger charge is -2.15. The zero-order chi connectivity index (χ0) is 15.6. The van der Waals surface area contributed by atoms with Crippen LogP contribution in [-0.4, -0.2) is 0 Å². The first-order chi connectivity index (χ1) is 9.75. The number of hydrogen-bond acceptors (Lipinski definition) is 1. The van der Waals surface area contributed by atoms with E-state index in [1.165, 1.54) is 6.07 Å². The lowest BCUT2D eigenvalue weighted by molar-refractivity contribution is -0.137. The fourth-order valence-electron chi connectivity index (χ4n) is 2.23. The Balaban J connectivity index is 2.21. The predicted molar refractivity (Wildman–Crippen MR) is 81.0 cm³/mol. The SMILES string of the molecule is Cc1cc(Br)cc(C(N)Cc2cccc(C(F)(F)F)c2)c1. The zero-order valence-electron chi connectivity index (χ0n) is 11.4. The summed E-state index contributed by atoms with van der Waals surface area (Å²) in [5.74, 6) is 0. The molecule has 0 aliphatic heterocycles. The molecule has 2 aromatic rings. The summed E-state index contributed by atoms with van der Waals surface area (Å²) in [5.41, 5.74) is 8.02. The van der Waals surface area contributed by atoms with E-state index in [9.17, 15) is 13.2 Å². The van der Waals surface area contributed by atoms with Crippen LogP contribution in [0.25, 0.3) is 0 Å². The van der Waals surface area contributed by atoms with Gasteiger partial charge >= 0.3 is 6.18 Å². The third-order valence-corrected chi connectivity index (χ3v) is 3.66. The van der Waals surface area contributed by atoms with E-state index in [1.54, 1.807) is 6.07 Å². The third kappa shape index (κ3) is 4.32. The molecule has 0 amide bonds. The van der Waals surface area contributed by atoms with E-state index >= 15 is 0 Å². The molecule has 0 bridgehead atoms. The van der Waals surface area contributed by atoms with E-state index in [0.29, 0.717) is 12.0 Å². The molecule has 2 N–H and O–H groups in total. The smallest absolute Gasteiger partial charge is 0.324 e. The van der Waals surface area contributed by atoms with Crippen LogP contribution in [0.5, 0.6) is 0 Å². The first-order valence-electron chi connectivity index (χ1n) is 6.44. The summed E-state index contributed by atoms with van der Waals surface area (Å²) in [4.78, 5) is 0. The van der Waals surface area contributed by atoms with Gasteiger partial charge in [-0.25, -0.2) is 0 Å². The molecule has 112 valence electrons. The summed E-state index contributed by atoms with van der Waals surface area (Å²) >= 11 is 3.40. The molecule has 0 saturated heterocycles. The van der Waals surface area contributed by atoms with Crippen molar-refractivity contribution >= 4 is 15.9 Å². The molecule has 1 unspecified atom stereocenters. The van der Waals surface area contributed by atoms with E-state index in [-0.39, 0.29) is 6.04 Å². The van der Waals surface area contributed by atoms with Gasteiger partial charge in [-0.15, -0.1) is 0 Å². The number of alkyl halides is 3. The topological polar surface area (TPSA) is 26.0 Å². The van der Waals surface area contributed by atoms with E-state index in [4.69, 9.17) is 5.73 Å². The van der Waals surface area contributed by atoms with Crippen molar-refractivity contribution in [3.63, 3.8) is 0 Å². The molecule has 0 radical (unpaired) electrons. The predicted octanol–water partition coefficient (Wildman–Crippen LogP) is 5.02. The molecule has 0 spiro atoms. The van der Waals surface area contributed by atoms with Gasteiger partial charge in [0.1, 0.15) is 0 Å². The van der Waals surface area contributed by atoms with Gasteiger partial charge < -0.3 is 5.73 Å². The number of hydrogen-bond donors (Lipinski definition) is 1. The second kappa shape index (κ2) is 6.20. The quantitative estimate of drug-likeness (QED) is 0.819. The summed E-state index contributed by atoms with van der Waals surface area (Å²) in [6.45, 7) is 1.95. The minimum absolute atomic E-state index is 0.343. The number of aryl methyl sites for hydroxylation is 1. The van der Waals surface area contributed by atoms with E-state index in [0.717, 1.165) is 27.7 Å². The highest BCUT2D eigenvalue weighted by molar-refractivity contribution is 9.10. The third-order valence-electron chi connectivity index (χ3n) is 3.20. The minimum Gasteiger partial charge on any atom is -0.324 e. The fraction of sp³-hybridized carbons (Fsp3) is 0.250. The Morgan fingerprint density at radius 1 is 1.14 bits per heavy atom. The molecular weight excluding hydrogens is 343 g/mol. The van der Waals surface area contributed by atoms with Crippen LogP contribution in [0.4, 0.5) is 13.2 Å². The fourth-order valence-corrected chi connectivity index (χ4v) is 2.85. The van der Waals surface area contributed by atoms with E-state index in [1.807, 2.05) is 25.1 Å². The van der Waals surface area contributed by atoms with Crippen LogP contribution in [0.3, 0.4) is 0 Å². The molecule has 0 heterocycles. The molecule has 0 aliphatic rings. The lowest BCUT2D eigenvalue weighted by Crippen LogP contribution is -2.14. The van der Waals surface area contributed by atoms with Gasteiger partial charge in [-0.3, -0.25) is 0 Å². The van der Waals surface area contributed by atoms with Crippen LogP contribution in [0.15, 0.2) is 46.9 Å². The van der Waals surface area contributed by atoms with Crippen molar-refractivity contribution in [2.24, 2.45) is 5.73 Å². The number of rotatable bonds is 3. The summed E-state index contributed by atoms with van der Waals surface area (Å²) in [7, 11) is 0. The molecule has 1 nitrogen and oxygen atoms in total. The average molecular weight is 358 g/mol. The molecule has 0 fully saturated rings. The molecule has 21 heavy (non-hydrogen) atoms. The first kappa shape index (κ1) is 16.0. The standard InChI is InChI=1S/C16H15BrF3N/c1-10-5-12(9-14(17)6-10)15(21)8-11-3-2-4-13(7-11)16(18,19)20/h2-7,9,15H,8,21H2,1H3. The average Bonchev–Trinajstić information content (AvgIpc) is 2.37. The van der Waals surface area contributed by atoms with Gasteiger partial charge in [-0.2, -0.15) is 13.2 Å². The van der Waals surface area contributed by atoms with E-state index in [2.05, 4.69) is 15.9 Å². The monoisotopic (exact) mass is 357 g/mol. The van der Waals surface area contributed by atoms with Gasteiger partial charge in [0.15, 0.2) is 0 Å². The van der Waals surface area contributed by atoms with Gasteiger partial charge in [0.05, 0.1) is 5.56 Å². The number of benzene rings is 2. The van der Waals surface area contributed by atoms with Crippen LogP contribution in [0, 0.1) is 6.92 Å². The highest BCUT2D eigenvalue weighted by Crippen LogP contribution is 2.30. The van der Waals surface area contributed by atoms with Gasteiger partial charge in [0.2, 0.25) is 0 Å². The van der Waals surface area contributed by atoms with Crippen molar-refractivity contribution < 1.29 is 13.2 Å². The highest BCUT2D eigenvalue weighted by Gasteiger charge is 2.30. The Labute approximate surface area is 130 Å². The van der Waals surface area contributed by atoms with Crippen molar-refractivity contribution in [2.45, 2.75) is 25.6 Å². The van der Waals surface area contributed by atoms with Crippen molar-refractivity contribution in [3.05, 3.63) is 69.2 Å². The second-order valence-corrected chi connectivity index (χ2v) is 5.99. The molecular formula is C16H15BrF3N. The number of nitrogens with two attached hydrogens (primary N) is 1. The zero-order valence-corrected chi connectivity index (χ0v) is 13.0. The summed E-state index contributed by atoms with van der Waals surface area (Å²) in [5, 5.41) is 0. The van der Waals surface area contributed by atoms with Gasteiger partial charge in [0.25, 0.3) is 0 Å². The first-order valence-corrected chi connectivity index (χ1v) is 7.24. The Bertz CT molecular complexity index is 617. The van der Waals surface area contributed by atoms with Crippen LogP contribution in [-0.2, 0) is 12.6 Å². The largest absolute Gasteiger partial charge is 0.416 e.